The molecule has 1 rings (SSSR count). The molecule has 0 unspecified atom stereocenters. The summed E-state index contributed by atoms with van der Waals surface area (Å²) in [5.74, 6) is -0.820. The fourth-order valence-electron chi connectivity index (χ4n) is 1.08. The van der Waals surface area contributed by atoms with Crippen LogP contribution in [0.1, 0.15) is 24.2 Å². The van der Waals surface area contributed by atoms with E-state index in [2.05, 4.69) is 0 Å². The zero-order valence-electron chi connectivity index (χ0n) is 7.93. The van der Waals surface area contributed by atoms with Crippen molar-refractivity contribution < 1.29 is 13.9 Å². The van der Waals surface area contributed by atoms with Crippen molar-refractivity contribution in [1.82, 2.24) is 0 Å². The minimum atomic E-state index is -0.554. The van der Waals surface area contributed by atoms with E-state index in [1.807, 2.05) is 0 Å². The van der Waals surface area contributed by atoms with Crippen LogP contribution in [0.3, 0.4) is 0 Å². The average molecular weight is 217 g/mol. The van der Waals surface area contributed by atoms with Crippen LogP contribution in [-0.4, -0.2) is 12.4 Å². The van der Waals surface area contributed by atoms with E-state index in [4.69, 9.17) is 16.3 Å². The highest BCUT2D eigenvalue weighted by Gasteiger charge is 2.15. The van der Waals surface area contributed by atoms with Crippen LogP contribution >= 0.6 is 11.6 Å². The molecule has 0 heterocycles. The lowest BCUT2D eigenvalue weighted by molar-refractivity contribution is 0.101. The zero-order chi connectivity index (χ0) is 10.7. The van der Waals surface area contributed by atoms with E-state index in [0.29, 0.717) is 6.61 Å². The molecular weight excluding hydrogens is 207 g/mol. The predicted octanol–water partition coefficient (Wildman–Crippen LogP) is 3.08. The van der Waals surface area contributed by atoms with Gasteiger partial charge in [0.1, 0.15) is 0 Å². The van der Waals surface area contributed by atoms with Crippen LogP contribution in [0.2, 0.25) is 5.02 Å². The zero-order valence-corrected chi connectivity index (χ0v) is 8.69. The molecule has 0 bridgehead atoms. The van der Waals surface area contributed by atoms with Gasteiger partial charge in [0, 0.05) is 5.56 Å². The van der Waals surface area contributed by atoms with Gasteiger partial charge < -0.3 is 4.74 Å². The molecule has 0 aliphatic rings. The summed E-state index contributed by atoms with van der Waals surface area (Å²) in [6.07, 6.45) is 0. The Kier molecular flexibility index (Phi) is 3.47. The Labute approximate surface area is 86.6 Å². The maximum atomic E-state index is 13.2. The summed E-state index contributed by atoms with van der Waals surface area (Å²) < 4.78 is 18.2. The first-order valence-corrected chi connectivity index (χ1v) is 4.57. The fraction of sp³-hybridized carbons (Fsp3) is 0.300. The lowest BCUT2D eigenvalue weighted by Crippen LogP contribution is -2.00. The van der Waals surface area contributed by atoms with Crippen molar-refractivity contribution >= 4 is 17.4 Å². The largest absolute Gasteiger partial charge is 0.489 e. The van der Waals surface area contributed by atoms with Gasteiger partial charge >= 0.3 is 0 Å². The van der Waals surface area contributed by atoms with Gasteiger partial charge in [-0.3, -0.25) is 4.79 Å². The van der Waals surface area contributed by atoms with E-state index in [-0.39, 0.29) is 22.1 Å². The van der Waals surface area contributed by atoms with Crippen molar-refractivity contribution in [2.24, 2.45) is 0 Å². The van der Waals surface area contributed by atoms with Crippen LogP contribution in [0.25, 0.3) is 0 Å². The summed E-state index contributed by atoms with van der Waals surface area (Å²) in [5.41, 5.74) is 0.275. The van der Waals surface area contributed by atoms with Crippen LogP contribution in [-0.2, 0) is 0 Å². The third kappa shape index (κ3) is 2.04. The third-order valence-electron chi connectivity index (χ3n) is 1.72. The molecule has 1 aromatic rings. The summed E-state index contributed by atoms with van der Waals surface area (Å²) in [6, 6.07) is 2.52. The standard InChI is InChI=1S/C10H10ClFO2/c1-3-14-10-8(12)5-4-7(6(2)13)9(10)11/h4-5H,3H2,1-2H3. The van der Waals surface area contributed by atoms with Gasteiger partial charge in [0.2, 0.25) is 0 Å². The van der Waals surface area contributed by atoms with Gasteiger partial charge in [-0.05, 0) is 26.0 Å². The maximum absolute atomic E-state index is 13.2. The van der Waals surface area contributed by atoms with Gasteiger partial charge in [-0.25, -0.2) is 4.39 Å². The number of Topliss-reactive ketones (excluding diaryl/α,β-unsaturated/α-hetero) is 1. The van der Waals surface area contributed by atoms with E-state index in [1.54, 1.807) is 6.92 Å². The molecule has 76 valence electrons. The number of halogens is 2. The van der Waals surface area contributed by atoms with Crippen LogP contribution < -0.4 is 4.74 Å². The second kappa shape index (κ2) is 4.42. The van der Waals surface area contributed by atoms with Crippen molar-refractivity contribution in [2.45, 2.75) is 13.8 Å². The number of carbonyl (C=O) groups is 1. The Hall–Kier alpha value is -1.09. The first-order chi connectivity index (χ1) is 6.57. The molecule has 0 saturated heterocycles. The molecule has 0 spiro atoms. The van der Waals surface area contributed by atoms with Crippen LogP contribution in [0.4, 0.5) is 4.39 Å². The van der Waals surface area contributed by atoms with E-state index in [9.17, 15) is 9.18 Å². The minimum Gasteiger partial charge on any atom is -0.489 e. The van der Waals surface area contributed by atoms with Gasteiger partial charge in [-0.2, -0.15) is 0 Å². The lowest BCUT2D eigenvalue weighted by atomic mass is 10.1. The summed E-state index contributed by atoms with van der Waals surface area (Å²) in [4.78, 5) is 11.1. The van der Waals surface area contributed by atoms with Crippen molar-refractivity contribution in [1.29, 1.82) is 0 Å². The molecule has 1 aromatic carbocycles. The molecule has 0 N–H and O–H groups in total. The summed E-state index contributed by atoms with van der Waals surface area (Å²) >= 11 is 5.80. The molecule has 0 saturated carbocycles. The van der Waals surface area contributed by atoms with Crippen molar-refractivity contribution in [3.05, 3.63) is 28.5 Å². The summed E-state index contributed by atoms with van der Waals surface area (Å²) in [6.45, 7) is 3.39. The topological polar surface area (TPSA) is 26.3 Å². The van der Waals surface area contributed by atoms with Crippen LogP contribution in [0.15, 0.2) is 12.1 Å². The first kappa shape index (κ1) is 11.0. The average Bonchev–Trinajstić information content (AvgIpc) is 2.11. The second-order valence-corrected chi connectivity index (χ2v) is 3.11. The molecule has 0 radical (unpaired) electrons. The Morgan fingerprint density at radius 1 is 1.57 bits per heavy atom. The minimum absolute atomic E-state index is 0.0411. The van der Waals surface area contributed by atoms with Gasteiger partial charge in [0.05, 0.1) is 11.6 Å². The highest BCUT2D eigenvalue weighted by Crippen LogP contribution is 2.31. The van der Waals surface area contributed by atoms with Gasteiger partial charge in [-0.1, -0.05) is 11.6 Å². The number of hydrogen-bond acceptors (Lipinski definition) is 2. The third-order valence-corrected chi connectivity index (χ3v) is 2.09. The smallest absolute Gasteiger partial charge is 0.174 e. The number of hydrogen-bond donors (Lipinski definition) is 0. The Morgan fingerprint density at radius 3 is 2.71 bits per heavy atom. The number of ether oxygens (including phenoxy) is 1. The van der Waals surface area contributed by atoms with Crippen molar-refractivity contribution in [2.75, 3.05) is 6.61 Å². The normalized spacial score (nSPS) is 10.0. The molecular formula is C10H10ClFO2. The molecule has 14 heavy (non-hydrogen) atoms. The van der Waals surface area contributed by atoms with Crippen LogP contribution in [0, 0.1) is 5.82 Å². The van der Waals surface area contributed by atoms with E-state index < -0.39 is 5.82 Å². The Morgan fingerprint density at radius 2 is 2.21 bits per heavy atom. The van der Waals surface area contributed by atoms with Gasteiger partial charge in [-0.15, -0.1) is 0 Å². The van der Waals surface area contributed by atoms with E-state index >= 15 is 0 Å². The quantitative estimate of drug-likeness (QED) is 0.726. The molecule has 0 aliphatic heterocycles. The number of rotatable bonds is 3. The van der Waals surface area contributed by atoms with E-state index in [0.717, 1.165) is 0 Å². The molecule has 0 amide bonds. The summed E-state index contributed by atoms with van der Waals surface area (Å²) in [7, 11) is 0. The van der Waals surface area contributed by atoms with Gasteiger partial charge in [0.25, 0.3) is 0 Å². The maximum Gasteiger partial charge on any atom is 0.174 e. The number of ketones is 1. The molecule has 0 fully saturated rings. The highest BCUT2D eigenvalue weighted by atomic mass is 35.5. The predicted molar refractivity (Wildman–Crippen MR) is 52.6 cm³/mol. The molecule has 0 aliphatic carbocycles. The first-order valence-electron chi connectivity index (χ1n) is 4.19. The molecule has 2 nitrogen and oxygen atoms in total. The highest BCUT2D eigenvalue weighted by molar-refractivity contribution is 6.35. The Balaban J connectivity index is 3.26. The van der Waals surface area contributed by atoms with Crippen LogP contribution in [0.5, 0.6) is 5.75 Å². The molecule has 4 heteroatoms. The molecule has 0 aromatic heterocycles. The van der Waals surface area contributed by atoms with Crippen molar-refractivity contribution in [3.63, 3.8) is 0 Å². The van der Waals surface area contributed by atoms with Gasteiger partial charge in [0.15, 0.2) is 17.3 Å². The second-order valence-electron chi connectivity index (χ2n) is 2.73. The SMILES string of the molecule is CCOc1c(F)ccc(C(C)=O)c1Cl. The van der Waals surface area contributed by atoms with E-state index in [1.165, 1.54) is 19.1 Å². The van der Waals surface area contributed by atoms with Crippen molar-refractivity contribution in [3.8, 4) is 5.75 Å². The number of benzene rings is 1. The Bertz CT molecular complexity index is 363. The lowest BCUT2D eigenvalue weighted by Gasteiger charge is -2.08. The molecule has 0 atom stereocenters. The fourth-order valence-corrected chi connectivity index (χ4v) is 1.42. The monoisotopic (exact) mass is 216 g/mol. The summed E-state index contributed by atoms with van der Waals surface area (Å²) in [5, 5.41) is 0.0411. The number of carbonyl (C=O) groups excluding carboxylic acids is 1.